The number of piperazine rings is 1. The van der Waals surface area contributed by atoms with Crippen LogP contribution in [-0.2, 0) is 17.5 Å². The zero-order valence-corrected chi connectivity index (χ0v) is 15.5. The molecule has 8 heteroatoms. The van der Waals surface area contributed by atoms with Crippen LogP contribution < -0.4 is 0 Å². The molecule has 1 atom stereocenters. The van der Waals surface area contributed by atoms with Crippen molar-refractivity contribution in [1.82, 2.24) is 14.8 Å². The Morgan fingerprint density at radius 1 is 1.22 bits per heavy atom. The fraction of sp³-hybridized carbons (Fsp3) is 0.474. The molecular weight excluding hydrogens is 359 g/mol. The molecule has 1 fully saturated rings. The number of amides is 1. The minimum Gasteiger partial charge on any atom is -0.441 e. The van der Waals surface area contributed by atoms with Gasteiger partial charge in [0.25, 0.3) is 0 Å². The lowest BCUT2D eigenvalue weighted by atomic mass is 10.1. The third-order valence-corrected chi connectivity index (χ3v) is 4.96. The molecule has 0 unspecified atom stereocenters. The highest BCUT2D eigenvalue weighted by atomic mass is 19.4. The van der Waals surface area contributed by atoms with E-state index >= 15 is 0 Å². The Balaban J connectivity index is 1.76. The maximum atomic E-state index is 12.7. The van der Waals surface area contributed by atoms with Crippen LogP contribution >= 0.6 is 0 Å². The van der Waals surface area contributed by atoms with E-state index in [0.29, 0.717) is 36.7 Å². The number of benzene rings is 1. The Hall–Kier alpha value is -2.35. The van der Waals surface area contributed by atoms with Crippen molar-refractivity contribution in [3.63, 3.8) is 0 Å². The number of halogens is 3. The lowest BCUT2D eigenvalue weighted by Gasteiger charge is -2.38. The topological polar surface area (TPSA) is 49.6 Å². The summed E-state index contributed by atoms with van der Waals surface area (Å²) in [5.74, 6) is 0.970. The predicted molar refractivity (Wildman–Crippen MR) is 93.8 cm³/mol. The van der Waals surface area contributed by atoms with Gasteiger partial charge in [-0.15, -0.1) is 0 Å². The number of hydrogen-bond acceptors (Lipinski definition) is 4. The Labute approximate surface area is 155 Å². The highest BCUT2D eigenvalue weighted by Crippen LogP contribution is 2.31. The van der Waals surface area contributed by atoms with Gasteiger partial charge >= 0.3 is 6.18 Å². The number of nitrogens with zero attached hydrogens (tertiary/aromatic N) is 3. The molecule has 1 aromatic carbocycles. The average Bonchev–Trinajstić information content (AvgIpc) is 2.99. The number of carbonyl (C=O) groups is 1. The van der Waals surface area contributed by atoms with Crippen molar-refractivity contribution in [2.45, 2.75) is 39.5 Å². The van der Waals surface area contributed by atoms with Crippen molar-refractivity contribution >= 4 is 5.91 Å². The van der Waals surface area contributed by atoms with E-state index in [1.54, 1.807) is 6.92 Å². The predicted octanol–water partition coefficient (Wildman–Crippen LogP) is 3.72. The molecule has 2 aromatic rings. The molecule has 1 aliphatic heterocycles. The second kappa shape index (κ2) is 7.34. The van der Waals surface area contributed by atoms with E-state index < -0.39 is 11.7 Å². The van der Waals surface area contributed by atoms with Gasteiger partial charge in [0.1, 0.15) is 5.76 Å². The lowest BCUT2D eigenvalue weighted by molar-refractivity contribution is -0.141. The van der Waals surface area contributed by atoms with Gasteiger partial charge in [0.2, 0.25) is 11.8 Å². The fourth-order valence-corrected chi connectivity index (χ4v) is 3.20. The molecule has 1 amide bonds. The van der Waals surface area contributed by atoms with Gasteiger partial charge in [0.15, 0.2) is 0 Å². The Bertz CT molecular complexity index is 815. The zero-order chi connectivity index (χ0) is 19.8. The molecule has 1 saturated heterocycles. The van der Waals surface area contributed by atoms with Crippen molar-refractivity contribution in [1.29, 1.82) is 0 Å². The summed E-state index contributed by atoms with van der Waals surface area (Å²) in [5.41, 5.74) is 0.461. The quantitative estimate of drug-likeness (QED) is 0.810. The van der Waals surface area contributed by atoms with Crippen molar-refractivity contribution < 1.29 is 22.4 Å². The minimum atomic E-state index is -4.38. The average molecular weight is 381 g/mol. The zero-order valence-electron chi connectivity index (χ0n) is 15.5. The number of hydrogen-bond donors (Lipinski definition) is 0. The van der Waals surface area contributed by atoms with E-state index in [1.807, 2.05) is 23.6 Å². The van der Waals surface area contributed by atoms with E-state index in [1.165, 1.54) is 12.1 Å². The molecule has 0 N–H and O–H groups in total. The summed E-state index contributed by atoms with van der Waals surface area (Å²) in [6, 6.07) is 4.48. The van der Waals surface area contributed by atoms with Crippen molar-refractivity contribution in [2.75, 3.05) is 19.6 Å². The normalized spacial score (nSPS) is 19.0. The van der Waals surface area contributed by atoms with Crippen LogP contribution in [0.1, 0.15) is 30.9 Å². The summed E-state index contributed by atoms with van der Waals surface area (Å²) in [4.78, 5) is 20.6. The van der Waals surface area contributed by atoms with Crippen LogP contribution in [0.2, 0.25) is 0 Å². The number of carbonyl (C=O) groups excluding carboxylic acids is 1. The summed E-state index contributed by atoms with van der Waals surface area (Å²) in [6.07, 6.45) is -4.38. The van der Waals surface area contributed by atoms with Gasteiger partial charge in [-0.1, -0.05) is 0 Å². The number of oxazole rings is 1. The highest BCUT2D eigenvalue weighted by molar-refractivity contribution is 5.82. The molecule has 5 nitrogen and oxygen atoms in total. The van der Waals surface area contributed by atoms with Crippen LogP contribution in [-0.4, -0.2) is 46.4 Å². The smallest absolute Gasteiger partial charge is 0.416 e. The van der Waals surface area contributed by atoms with Crippen LogP contribution in [0, 0.1) is 6.92 Å². The Kier molecular flexibility index (Phi) is 5.28. The molecule has 27 heavy (non-hydrogen) atoms. The van der Waals surface area contributed by atoms with Crippen LogP contribution in [0.25, 0.3) is 11.5 Å². The first kappa shape index (κ1) is 19.4. The van der Waals surface area contributed by atoms with E-state index in [2.05, 4.69) is 4.98 Å². The van der Waals surface area contributed by atoms with E-state index in [9.17, 15) is 18.0 Å². The van der Waals surface area contributed by atoms with Crippen LogP contribution in [0.4, 0.5) is 13.2 Å². The van der Waals surface area contributed by atoms with Crippen LogP contribution in [0.5, 0.6) is 0 Å². The van der Waals surface area contributed by atoms with Crippen LogP contribution in [0.15, 0.2) is 28.7 Å². The summed E-state index contributed by atoms with van der Waals surface area (Å²) in [6.45, 7) is 8.16. The van der Waals surface area contributed by atoms with Gasteiger partial charge in [-0.25, -0.2) is 4.98 Å². The molecule has 1 aliphatic rings. The first-order chi connectivity index (χ1) is 12.7. The summed E-state index contributed by atoms with van der Waals surface area (Å²) in [5, 5.41) is 0. The van der Waals surface area contributed by atoms with Gasteiger partial charge < -0.3 is 9.32 Å². The van der Waals surface area contributed by atoms with E-state index in [-0.39, 0.29) is 17.8 Å². The Morgan fingerprint density at radius 2 is 1.89 bits per heavy atom. The summed E-state index contributed by atoms with van der Waals surface area (Å²) < 4.78 is 43.7. The second-order valence-electron chi connectivity index (χ2n) is 6.66. The molecule has 2 heterocycles. The fourth-order valence-electron chi connectivity index (χ4n) is 3.20. The summed E-state index contributed by atoms with van der Waals surface area (Å²) in [7, 11) is 0. The SMILES string of the molecule is CCN1CCN(Cc2nc(-c3ccc(C(F)(F)F)cc3)oc2C)[C@@H](C)C1=O. The lowest BCUT2D eigenvalue weighted by Crippen LogP contribution is -2.55. The third-order valence-electron chi connectivity index (χ3n) is 4.96. The standard InChI is InChI=1S/C19H22F3N3O2/c1-4-24-9-10-25(12(2)18(24)26)11-16-13(3)27-17(23-16)14-5-7-15(8-6-14)19(20,21)22/h5-8,12H,4,9-11H2,1-3H3/t12-/m0/s1. The monoisotopic (exact) mass is 381 g/mol. The van der Waals surface area contributed by atoms with E-state index in [4.69, 9.17) is 4.42 Å². The highest BCUT2D eigenvalue weighted by Gasteiger charge is 2.32. The third kappa shape index (κ3) is 4.00. The van der Waals surface area contributed by atoms with Gasteiger partial charge in [-0.2, -0.15) is 13.2 Å². The van der Waals surface area contributed by atoms with E-state index in [0.717, 1.165) is 18.7 Å². The molecule has 0 spiro atoms. The molecular formula is C19H22F3N3O2. The van der Waals surface area contributed by atoms with Crippen molar-refractivity contribution in [3.8, 4) is 11.5 Å². The van der Waals surface area contributed by atoms with Gasteiger partial charge in [0, 0.05) is 31.7 Å². The van der Waals surface area contributed by atoms with Crippen LogP contribution in [0.3, 0.4) is 0 Å². The molecule has 0 saturated carbocycles. The first-order valence-electron chi connectivity index (χ1n) is 8.87. The second-order valence-corrected chi connectivity index (χ2v) is 6.66. The van der Waals surface area contributed by atoms with Gasteiger partial charge in [-0.3, -0.25) is 9.69 Å². The number of alkyl halides is 3. The maximum absolute atomic E-state index is 12.7. The maximum Gasteiger partial charge on any atom is 0.416 e. The van der Waals surface area contributed by atoms with Gasteiger partial charge in [-0.05, 0) is 45.0 Å². The van der Waals surface area contributed by atoms with Crippen molar-refractivity contribution in [2.24, 2.45) is 0 Å². The Morgan fingerprint density at radius 3 is 2.48 bits per heavy atom. The molecule has 0 aliphatic carbocycles. The molecule has 3 rings (SSSR count). The molecule has 1 aromatic heterocycles. The van der Waals surface area contributed by atoms with Gasteiger partial charge in [0.05, 0.1) is 17.3 Å². The minimum absolute atomic E-state index is 0.0906. The van der Waals surface area contributed by atoms with Crippen molar-refractivity contribution in [3.05, 3.63) is 41.3 Å². The first-order valence-corrected chi connectivity index (χ1v) is 8.87. The number of likely N-dealkylation sites (N-methyl/N-ethyl adjacent to an activating group) is 1. The number of aromatic nitrogens is 1. The molecule has 146 valence electrons. The summed E-state index contributed by atoms with van der Waals surface area (Å²) >= 11 is 0. The molecule has 0 radical (unpaired) electrons. The largest absolute Gasteiger partial charge is 0.441 e. The molecule has 0 bridgehead atoms. The number of rotatable bonds is 4. The number of aryl methyl sites for hydroxylation is 1.